The van der Waals surface area contributed by atoms with E-state index in [-0.39, 0.29) is 18.3 Å². The Labute approximate surface area is 104 Å². The van der Waals surface area contributed by atoms with Crippen LogP contribution >= 0.6 is 0 Å². The Morgan fingerprint density at radius 2 is 2.17 bits per heavy atom. The minimum atomic E-state index is -0.664. The van der Waals surface area contributed by atoms with Crippen LogP contribution in [-0.4, -0.2) is 34.7 Å². The molecule has 0 aliphatic rings. The Bertz CT molecular complexity index is 399. The molecule has 1 aromatic rings. The first-order valence-electron chi connectivity index (χ1n) is 5.62. The molecule has 0 saturated carbocycles. The van der Waals surface area contributed by atoms with E-state index in [0.717, 1.165) is 19.2 Å². The number of anilines is 1. The van der Waals surface area contributed by atoms with E-state index in [1.165, 1.54) is 0 Å². The molecular formula is C10H16N4O4. The van der Waals surface area contributed by atoms with Crippen molar-refractivity contribution in [1.29, 1.82) is 0 Å². The van der Waals surface area contributed by atoms with Gasteiger partial charge in [-0.25, -0.2) is 4.98 Å². The molecule has 2 N–H and O–H groups in total. The molecule has 0 radical (unpaired) electrons. The minimum Gasteiger partial charge on any atom is -0.470 e. The van der Waals surface area contributed by atoms with E-state index in [9.17, 15) is 10.1 Å². The van der Waals surface area contributed by atoms with Gasteiger partial charge in [-0.1, -0.05) is 13.3 Å². The zero-order valence-corrected chi connectivity index (χ0v) is 10.2. The predicted octanol–water partition coefficient (Wildman–Crippen LogP) is 1.16. The first-order chi connectivity index (χ1) is 8.66. The fourth-order valence-electron chi connectivity index (χ4n) is 1.20. The highest BCUT2D eigenvalue weighted by atomic mass is 16.6. The molecule has 0 spiro atoms. The van der Waals surface area contributed by atoms with Crippen molar-refractivity contribution in [3.8, 4) is 5.88 Å². The highest BCUT2D eigenvalue weighted by molar-refractivity contribution is 5.57. The summed E-state index contributed by atoms with van der Waals surface area (Å²) in [6.45, 7) is 3.24. The van der Waals surface area contributed by atoms with E-state index >= 15 is 0 Å². The quantitative estimate of drug-likeness (QED) is 0.421. The monoisotopic (exact) mass is 256 g/mol. The summed E-state index contributed by atoms with van der Waals surface area (Å²) in [4.78, 5) is 17.3. The van der Waals surface area contributed by atoms with Gasteiger partial charge in [0.15, 0.2) is 0 Å². The Morgan fingerprint density at radius 1 is 1.39 bits per heavy atom. The number of ether oxygens (including phenoxy) is 2. The van der Waals surface area contributed by atoms with E-state index in [1.54, 1.807) is 0 Å². The lowest BCUT2D eigenvalue weighted by atomic mass is 10.4. The molecule has 0 saturated heterocycles. The summed E-state index contributed by atoms with van der Waals surface area (Å²) in [7, 11) is 0. The minimum absolute atomic E-state index is 0.133. The Kier molecular flexibility index (Phi) is 5.78. The third-order valence-corrected chi connectivity index (χ3v) is 2.11. The van der Waals surface area contributed by atoms with Crippen LogP contribution in [0.5, 0.6) is 5.88 Å². The maximum Gasteiger partial charge on any atom is 0.372 e. The first-order valence-corrected chi connectivity index (χ1v) is 5.62. The largest absolute Gasteiger partial charge is 0.470 e. The van der Waals surface area contributed by atoms with Crippen LogP contribution in [0.25, 0.3) is 0 Å². The van der Waals surface area contributed by atoms with Crippen LogP contribution in [0, 0.1) is 10.1 Å². The van der Waals surface area contributed by atoms with Gasteiger partial charge < -0.3 is 15.2 Å². The van der Waals surface area contributed by atoms with Gasteiger partial charge in [-0.3, -0.25) is 10.1 Å². The summed E-state index contributed by atoms with van der Waals surface area (Å²) in [5.41, 5.74) is 4.98. The highest BCUT2D eigenvalue weighted by Crippen LogP contribution is 2.28. The van der Waals surface area contributed by atoms with Gasteiger partial charge >= 0.3 is 5.69 Å². The average Bonchev–Trinajstić information content (AvgIpc) is 2.33. The van der Waals surface area contributed by atoms with E-state index in [2.05, 4.69) is 16.9 Å². The van der Waals surface area contributed by atoms with Gasteiger partial charge in [0.2, 0.25) is 5.82 Å². The number of nitrogen functional groups attached to an aromatic ring is 1. The first kappa shape index (κ1) is 14.1. The summed E-state index contributed by atoms with van der Waals surface area (Å²) in [5.74, 6) is -0.344. The third-order valence-electron chi connectivity index (χ3n) is 2.11. The molecule has 8 nitrogen and oxygen atoms in total. The second kappa shape index (κ2) is 7.38. The van der Waals surface area contributed by atoms with Crippen molar-refractivity contribution >= 4 is 11.5 Å². The SMILES string of the molecule is CCCCOCCOc1ncnc(N)c1[N+](=O)[O-]. The van der Waals surface area contributed by atoms with Gasteiger partial charge in [-0.05, 0) is 6.42 Å². The molecule has 0 unspecified atom stereocenters. The molecule has 8 heteroatoms. The number of unbranched alkanes of at least 4 members (excludes halogenated alkanes) is 1. The van der Waals surface area contributed by atoms with Crippen LogP contribution < -0.4 is 10.5 Å². The highest BCUT2D eigenvalue weighted by Gasteiger charge is 2.22. The lowest BCUT2D eigenvalue weighted by Crippen LogP contribution is -2.10. The summed E-state index contributed by atoms with van der Waals surface area (Å²) in [6.07, 6.45) is 3.14. The second-order valence-corrected chi connectivity index (χ2v) is 3.48. The molecule has 0 aromatic carbocycles. The van der Waals surface area contributed by atoms with Crippen molar-refractivity contribution in [3.63, 3.8) is 0 Å². The molecule has 1 aromatic heterocycles. The van der Waals surface area contributed by atoms with Gasteiger partial charge in [-0.15, -0.1) is 0 Å². The van der Waals surface area contributed by atoms with Crippen molar-refractivity contribution in [3.05, 3.63) is 16.4 Å². The van der Waals surface area contributed by atoms with Crippen LogP contribution in [0.2, 0.25) is 0 Å². The number of hydrogen-bond donors (Lipinski definition) is 1. The average molecular weight is 256 g/mol. The van der Waals surface area contributed by atoms with Crippen molar-refractivity contribution in [2.45, 2.75) is 19.8 Å². The molecule has 1 heterocycles. The fraction of sp³-hybridized carbons (Fsp3) is 0.600. The third kappa shape index (κ3) is 4.13. The van der Waals surface area contributed by atoms with Crippen LogP contribution in [0.1, 0.15) is 19.8 Å². The molecule has 0 fully saturated rings. The fourth-order valence-corrected chi connectivity index (χ4v) is 1.20. The van der Waals surface area contributed by atoms with Crippen molar-refractivity contribution in [2.75, 3.05) is 25.6 Å². The lowest BCUT2D eigenvalue weighted by Gasteiger charge is -2.06. The predicted molar refractivity (Wildman–Crippen MR) is 64.3 cm³/mol. The maximum atomic E-state index is 10.8. The van der Waals surface area contributed by atoms with Crippen LogP contribution in [-0.2, 0) is 4.74 Å². The Morgan fingerprint density at radius 3 is 2.83 bits per heavy atom. The second-order valence-electron chi connectivity index (χ2n) is 3.48. The van der Waals surface area contributed by atoms with Crippen LogP contribution in [0.4, 0.5) is 11.5 Å². The van der Waals surface area contributed by atoms with Gasteiger partial charge in [0.1, 0.15) is 12.9 Å². The maximum absolute atomic E-state index is 10.8. The van der Waals surface area contributed by atoms with Gasteiger partial charge in [0, 0.05) is 6.61 Å². The molecule has 1 rings (SSSR count). The number of nitrogens with two attached hydrogens (primary N) is 1. The van der Waals surface area contributed by atoms with Gasteiger partial charge in [0.25, 0.3) is 5.88 Å². The van der Waals surface area contributed by atoms with Crippen molar-refractivity contribution in [1.82, 2.24) is 9.97 Å². The number of hydrogen-bond acceptors (Lipinski definition) is 7. The van der Waals surface area contributed by atoms with E-state index in [4.69, 9.17) is 15.2 Å². The standard InChI is InChI=1S/C10H16N4O4/c1-2-3-4-17-5-6-18-10-8(14(15)16)9(11)12-7-13-10/h7H,2-6H2,1H3,(H2,11,12,13). The molecule has 0 aliphatic heterocycles. The molecule has 0 atom stereocenters. The molecule has 0 aliphatic carbocycles. The number of rotatable bonds is 8. The number of nitrogens with zero attached hydrogens (tertiary/aromatic N) is 3. The summed E-state index contributed by atoms with van der Waals surface area (Å²) < 4.78 is 10.4. The summed E-state index contributed by atoms with van der Waals surface area (Å²) in [5, 5.41) is 10.8. The molecular weight excluding hydrogens is 240 g/mol. The normalized spacial score (nSPS) is 10.3. The van der Waals surface area contributed by atoms with E-state index < -0.39 is 10.6 Å². The zero-order valence-electron chi connectivity index (χ0n) is 10.2. The molecule has 0 bridgehead atoms. The number of aromatic nitrogens is 2. The molecule has 18 heavy (non-hydrogen) atoms. The van der Waals surface area contributed by atoms with E-state index in [0.29, 0.717) is 13.2 Å². The summed E-state index contributed by atoms with van der Waals surface area (Å²) >= 11 is 0. The van der Waals surface area contributed by atoms with Crippen LogP contribution in [0.15, 0.2) is 6.33 Å². The Balaban J connectivity index is 2.47. The molecule has 0 amide bonds. The number of nitro groups is 1. The van der Waals surface area contributed by atoms with Crippen LogP contribution in [0.3, 0.4) is 0 Å². The van der Waals surface area contributed by atoms with E-state index in [1.807, 2.05) is 0 Å². The molecule has 100 valence electrons. The smallest absolute Gasteiger partial charge is 0.372 e. The lowest BCUT2D eigenvalue weighted by molar-refractivity contribution is -0.385. The van der Waals surface area contributed by atoms with Gasteiger partial charge in [-0.2, -0.15) is 4.98 Å². The van der Waals surface area contributed by atoms with Crippen molar-refractivity contribution < 1.29 is 14.4 Å². The van der Waals surface area contributed by atoms with Crippen molar-refractivity contribution in [2.24, 2.45) is 0 Å². The summed E-state index contributed by atoms with van der Waals surface area (Å²) in [6, 6.07) is 0. The van der Waals surface area contributed by atoms with Gasteiger partial charge in [0.05, 0.1) is 11.5 Å². The zero-order chi connectivity index (χ0) is 13.4. The Hall–Kier alpha value is -1.96. The topological polar surface area (TPSA) is 113 Å².